The van der Waals surface area contributed by atoms with Crippen LogP contribution in [-0.4, -0.2) is 29.3 Å². The second-order valence-electron chi connectivity index (χ2n) is 7.01. The van der Waals surface area contributed by atoms with Gasteiger partial charge in [0, 0.05) is 30.4 Å². The quantitative estimate of drug-likeness (QED) is 0.623. The number of carbonyl (C=O) groups is 3. The molecule has 31 heavy (non-hydrogen) atoms. The summed E-state index contributed by atoms with van der Waals surface area (Å²) in [5, 5.41) is 5.93. The monoisotopic (exact) mass is 434 g/mol. The highest BCUT2D eigenvalue weighted by Crippen LogP contribution is 2.23. The highest BCUT2D eigenvalue weighted by molar-refractivity contribution is 6.30. The van der Waals surface area contributed by atoms with E-state index in [4.69, 9.17) is 11.6 Å². The standard InChI is InChI=1S/C23H19ClN4O3/c24-16-9-12-20(25-14-16)27-23(31)18-4-1-2-5-19(18)26-22(30)15-7-10-17(11-8-15)28-13-3-6-21(28)29/h1-2,4-5,7-12,14H,3,6,13H2,(H,26,30)(H,25,27,31). The van der Waals surface area contributed by atoms with Gasteiger partial charge in [-0.3, -0.25) is 14.4 Å². The number of anilines is 3. The highest BCUT2D eigenvalue weighted by Gasteiger charge is 2.22. The number of amides is 3. The Kier molecular flexibility index (Phi) is 5.95. The van der Waals surface area contributed by atoms with Crippen LogP contribution in [0.15, 0.2) is 66.9 Å². The van der Waals surface area contributed by atoms with Crippen LogP contribution in [0, 0.1) is 0 Å². The number of nitrogens with one attached hydrogen (secondary N) is 2. The normalized spacial score (nSPS) is 13.2. The molecule has 2 heterocycles. The zero-order valence-electron chi connectivity index (χ0n) is 16.5. The Labute approximate surface area is 184 Å². The lowest BCUT2D eigenvalue weighted by molar-refractivity contribution is -0.117. The second kappa shape index (κ2) is 8.97. The van der Waals surface area contributed by atoms with E-state index in [9.17, 15) is 14.4 Å². The maximum Gasteiger partial charge on any atom is 0.258 e. The fourth-order valence-corrected chi connectivity index (χ4v) is 3.44. The van der Waals surface area contributed by atoms with Gasteiger partial charge in [-0.1, -0.05) is 23.7 Å². The Morgan fingerprint density at radius 3 is 2.39 bits per heavy atom. The number of halogens is 1. The summed E-state index contributed by atoms with van der Waals surface area (Å²) in [5.41, 5.74) is 1.86. The number of pyridine rings is 1. The molecule has 0 spiro atoms. The van der Waals surface area contributed by atoms with Gasteiger partial charge in [0.05, 0.1) is 16.3 Å². The van der Waals surface area contributed by atoms with Crippen LogP contribution in [-0.2, 0) is 4.79 Å². The van der Waals surface area contributed by atoms with E-state index in [0.717, 1.165) is 12.1 Å². The molecular weight excluding hydrogens is 416 g/mol. The molecule has 0 atom stereocenters. The second-order valence-corrected chi connectivity index (χ2v) is 7.45. The average Bonchev–Trinajstić information content (AvgIpc) is 3.21. The molecular formula is C23H19ClN4O3. The van der Waals surface area contributed by atoms with Crippen LogP contribution < -0.4 is 15.5 Å². The van der Waals surface area contributed by atoms with Gasteiger partial charge in [-0.25, -0.2) is 4.98 Å². The minimum Gasteiger partial charge on any atom is -0.321 e. The van der Waals surface area contributed by atoms with Crippen LogP contribution in [0.25, 0.3) is 0 Å². The minimum absolute atomic E-state index is 0.0901. The van der Waals surface area contributed by atoms with Crippen molar-refractivity contribution < 1.29 is 14.4 Å². The summed E-state index contributed by atoms with van der Waals surface area (Å²) in [6.07, 6.45) is 2.82. The first-order chi connectivity index (χ1) is 15.0. The number of benzene rings is 2. The smallest absolute Gasteiger partial charge is 0.258 e. The number of nitrogens with zero attached hydrogens (tertiary/aromatic N) is 2. The molecule has 1 aromatic heterocycles. The van der Waals surface area contributed by atoms with E-state index in [1.807, 2.05) is 0 Å². The van der Waals surface area contributed by atoms with Gasteiger partial charge >= 0.3 is 0 Å². The van der Waals surface area contributed by atoms with Gasteiger partial charge in [0.2, 0.25) is 5.91 Å². The van der Waals surface area contributed by atoms with Crippen LogP contribution in [0.4, 0.5) is 17.2 Å². The van der Waals surface area contributed by atoms with Crippen molar-refractivity contribution in [3.63, 3.8) is 0 Å². The average molecular weight is 435 g/mol. The Hall–Kier alpha value is -3.71. The van der Waals surface area contributed by atoms with Gasteiger partial charge in [0.15, 0.2) is 0 Å². The molecule has 8 heteroatoms. The van der Waals surface area contributed by atoms with Crippen LogP contribution in [0.2, 0.25) is 5.02 Å². The zero-order chi connectivity index (χ0) is 21.8. The minimum atomic E-state index is -0.409. The van der Waals surface area contributed by atoms with Crippen LogP contribution in [0.5, 0.6) is 0 Å². The molecule has 1 aliphatic heterocycles. The molecule has 2 aromatic carbocycles. The lowest BCUT2D eigenvalue weighted by Gasteiger charge is -2.16. The molecule has 2 N–H and O–H groups in total. The van der Waals surface area contributed by atoms with E-state index >= 15 is 0 Å². The molecule has 0 aliphatic carbocycles. The van der Waals surface area contributed by atoms with Crippen molar-refractivity contribution in [1.29, 1.82) is 0 Å². The van der Waals surface area contributed by atoms with Crippen LogP contribution in [0.1, 0.15) is 33.6 Å². The van der Waals surface area contributed by atoms with E-state index in [0.29, 0.717) is 40.6 Å². The Balaban J connectivity index is 1.48. The number of hydrogen-bond donors (Lipinski definition) is 2. The first kappa shape index (κ1) is 20.6. The van der Waals surface area contributed by atoms with E-state index < -0.39 is 5.91 Å². The molecule has 0 unspecified atom stereocenters. The molecule has 3 aromatic rings. The predicted molar refractivity (Wildman–Crippen MR) is 120 cm³/mol. The largest absolute Gasteiger partial charge is 0.321 e. The van der Waals surface area contributed by atoms with Crippen LogP contribution in [0.3, 0.4) is 0 Å². The van der Waals surface area contributed by atoms with Crippen molar-refractivity contribution in [2.75, 3.05) is 22.1 Å². The number of para-hydroxylation sites is 1. The number of carbonyl (C=O) groups excluding carboxylic acids is 3. The van der Waals surface area contributed by atoms with E-state index in [1.165, 1.54) is 6.20 Å². The molecule has 1 aliphatic rings. The van der Waals surface area contributed by atoms with Gasteiger partial charge in [-0.15, -0.1) is 0 Å². The molecule has 0 bridgehead atoms. The molecule has 4 rings (SSSR count). The summed E-state index contributed by atoms with van der Waals surface area (Å²) in [7, 11) is 0. The van der Waals surface area contributed by atoms with E-state index in [-0.39, 0.29) is 11.8 Å². The van der Waals surface area contributed by atoms with Crippen molar-refractivity contribution in [2.45, 2.75) is 12.8 Å². The fraction of sp³-hybridized carbons (Fsp3) is 0.130. The molecule has 3 amide bonds. The third-order valence-electron chi connectivity index (χ3n) is 4.90. The molecule has 1 saturated heterocycles. The van der Waals surface area contributed by atoms with Crippen LogP contribution >= 0.6 is 11.6 Å². The Morgan fingerprint density at radius 2 is 1.71 bits per heavy atom. The van der Waals surface area contributed by atoms with E-state index in [1.54, 1.807) is 65.6 Å². The summed E-state index contributed by atoms with van der Waals surface area (Å²) in [5.74, 6) is -0.326. The summed E-state index contributed by atoms with van der Waals surface area (Å²) < 4.78 is 0. The summed E-state index contributed by atoms with van der Waals surface area (Å²) in [6.45, 7) is 0.690. The summed E-state index contributed by atoms with van der Waals surface area (Å²) in [4.78, 5) is 43.1. The maximum atomic E-state index is 12.7. The van der Waals surface area contributed by atoms with Gasteiger partial charge in [-0.05, 0) is 55.0 Å². The first-order valence-electron chi connectivity index (χ1n) is 9.75. The van der Waals surface area contributed by atoms with Gasteiger partial charge in [0.1, 0.15) is 5.82 Å². The fourth-order valence-electron chi connectivity index (χ4n) is 3.33. The highest BCUT2D eigenvalue weighted by atomic mass is 35.5. The summed E-state index contributed by atoms with van der Waals surface area (Å²) >= 11 is 5.82. The Bertz CT molecular complexity index is 1130. The number of aromatic nitrogens is 1. The predicted octanol–water partition coefficient (Wildman–Crippen LogP) is 4.37. The number of hydrogen-bond acceptors (Lipinski definition) is 4. The lowest BCUT2D eigenvalue weighted by Crippen LogP contribution is -2.23. The van der Waals surface area contributed by atoms with E-state index in [2.05, 4.69) is 15.6 Å². The van der Waals surface area contributed by atoms with Gasteiger partial charge in [0.25, 0.3) is 11.8 Å². The SMILES string of the molecule is O=C(Nc1ccccc1C(=O)Nc1ccc(Cl)cn1)c1ccc(N2CCCC2=O)cc1. The topological polar surface area (TPSA) is 91.4 Å². The van der Waals surface area contributed by atoms with Crippen molar-refractivity contribution in [1.82, 2.24) is 4.98 Å². The molecule has 7 nitrogen and oxygen atoms in total. The third kappa shape index (κ3) is 4.73. The van der Waals surface area contributed by atoms with Gasteiger partial charge < -0.3 is 15.5 Å². The van der Waals surface area contributed by atoms with Crippen molar-refractivity contribution in [2.24, 2.45) is 0 Å². The molecule has 0 saturated carbocycles. The van der Waals surface area contributed by atoms with Crippen molar-refractivity contribution in [3.8, 4) is 0 Å². The Morgan fingerprint density at radius 1 is 0.935 bits per heavy atom. The molecule has 1 fully saturated rings. The molecule has 0 radical (unpaired) electrons. The molecule has 156 valence electrons. The zero-order valence-corrected chi connectivity index (χ0v) is 17.2. The summed E-state index contributed by atoms with van der Waals surface area (Å²) in [6, 6.07) is 16.8. The first-order valence-corrected chi connectivity index (χ1v) is 10.1. The maximum absolute atomic E-state index is 12.7. The third-order valence-corrected chi connectivity index (χ3v) is 5.13. The van der Waals surface area contributed by atoms with Crippen molar-refractivity contribution in [3.05, 3.63) is 83.0 Å². The van der Waals surface area contributed by atoms with Crippen molar-refractivity contribution >= 4 is 46.5 Å². The van der Waals surface area contributed by atoms with Gasteiger partial charge in [-0.2, -0.15) is 0 Å². The number of rotatable bonds is 5. The lowest BCUT2D eigenvalue weighted by atomic mass is 10.1.